The van der Waals surface area contributed by atoms with Crippen LogP contribution in [0.3, 0.4) is 0 Å². The minimum absolute atomic E-state index is 0.209. The highest BCUT2D eigenvalue weighted by Crippen LogP contribution is 2.39. The summed E-state index contributed by atoms with van der Waals surface area (Å²) in [6.07, 6.45) is 0.377. The summed E-state index contributed by atoms with van der Waals surface area (Å²) in [5.74, 6) is 0.812. The third kappa shape index (κ3) is 4.59. The number of carboxylic acids is 1. The molecule has 0 spiro atoms. The molecule has 1 aliphatic heterocycles. The van der Waals surface area contributed by atoms with Gasteiger partial charge in [-0.2, -0.15) is 0 Å². The van der Waals surface area contributed by atoms with Crippen LogP contribution in [0.15, 0.2) is 36.4 Å². The molecule has 0 radical (unpaired) electrons. The van der Waals surface area contributed by atoms with Crippen molar-refractivity contribution in [1.29, 1.82) is 0 Å². The molecule has 2 aromatic carbocycles. The van der Waals surface area contributed by atoms with Gasteiger partial charge < -0.3 is 29.5 Å². The van der Waals surface area contributed by atoms with E-state index in [1.165, 1.54) is 7.11 Å². The van der Waals surface area contributed by atoms with Crippen molar-refractivity contribution in [2.75, 3.05) is 32.7 Å². The van der Waals surface area contributed by atoms with Crippen LogP contribution in [0.25, 0.3) is 0 Å². The molecule has 0 aromatic heterocycles. The molecule has 30 heavy (non-hydrogen) atoms. The minimum atomic E-state index is -0.985. The van der Waals surface area contributed by atoms with Crippen LogP contribution in [0.4, 0.5) is 10.5 Å². The molecule has 2 N–H and O–H groups in total. The average molecular weight is 414 g/mol. The summed E-state index contributed by atoms with van der Waals surface area (Å²) in [6, 6.07) is 9.69. The van der Waals surface area contributed by atoms with E-state index < -0.39 is 12.0 Å². The Balaban J connectivity index is 1.86. The number of ether oxygens (including phenoxy) is 3. The van der Waals surface area contributed by atoms with Crippen molar-refractivity contribution in [2.24, 2.45) is 0 Å². The summed E-state index contributed by atoms with van der Waals surface area (Å²) in [6.45, 7) is 2.85. The molecule has 0 bridgehead atoms. The molecule has 0 fully saturated rings. The number of carboxylic acid groups (broad SMARTS) is 1. The average Bonchev–Trinajstić information content (AvgIpc) is 2.74. The zero-order valence-electron chi connectivity index (χ0n) is 17.3. The highest BCUT2D eigenvalue weighted by molar-refractivity contribution is 5.90. The molecule has 3 rings (SSSR count). The third-order valence-electron chi connectivity index (χ3n) is 5.05. The summed E-state index contributed by atoms with van der Waals surface area (Å²) in [7, 11) is 3.08. The highest BCUT2D eigenvalue weighted by Gasteiger charge is 2.33. The largest absolute Gasteiger partial charge is 0.494 e. The standard InChI is InChI=1S/C22H26N2O6/c1-4-30-16-7-5-15(6-8-16)23-22(27)24-10-9-14-11-19(28-2)20(29-3)12-17(14)18(24)13-21(25)26/h5-8,11-12,18H,4,9-10,13H2,1-3H3,(H,23,27)(H,25,26). The van der Waals surface area contributed by atoms with E-state index in [0.29, 0.717) is 42.5 Å². The van der Waals surface area contributed by atoms with Gasteiger partial charge in [-0.3, -0.25) is 4.79 Å². The molecule has 8 heteroatoms. The third-order valence-corrected chi connectivity index (χ3v) is 5.05. The van der Waals surface area contributed by atoms with Crippen LogP contribution >= 0.6 is 0 Å². The molecule has 2 aromatic rings. The number of nitrogens with zero attached hydrogens (tertiary/aromatic N) is 1. The zero-order valence-corrected chi connectivity index (χ0v) is 17.3. The van der Waals surface area contributed by atoms with Crippen LogP contribution in [0.1, 0.15) is 30.5 Å². The van der Waals surface area contributed by atoms with Crippen molar-refractivity contribution >= 4 is 17.7 Å². The maximum atomic E-state index is 13.0. The number of anilines is 1. The molecule has 1 atom stereocenters. The number of benzene rings is 2. The second kappa shape index (κ2) is 9.39. The smallest absolute Gasteiger partial charge is 0.322 e. The van der Waals surface area contributed by atoms with E-state index in [2.05, 4.69) is 5.32 Å². The van der Waals surface area contributed by atoms with Gasteiger partial charge in [0.25, 0.3) is 0 Å². The number of aliphatic carboxylic acids is 1. The Bertz CT molecular complexity index is 913. The maximum Gasteiger partial charge on any atom is 0.322 e. The highest BCUT2D eigenvalue weighted by atomic mass is 16.5. The predicted octanol–water partition coefficient (Wildman–Crippen LogP) is 3.71. The number of nitrogens with one attached hydrogen (secondary N) is 1. The summed E-state index contributed by atoms with van der Waals surface area (Å²) < 4.78 is 16.1. The lowest BCUT2D eigenvalue weighted by molar-refractivity contribution is -0.138. The van der Waals surface area contributed by atoms with E-state index in [-0.39, 0.29) is 12.5 Å². The minimum Gasteiger partial charge on any atom is -0.494 e. The van der Waals surface area contributed by atoms with Crippen molar-refractivity contribution in [3.8, 4) is 17.2 Å². The number of rotatable bonds is 7. The molecule has 0 saturated carbocycles. The molecule has 1 aliphatic rings. The van der Waals surface area contributed by atoms with Crippen LogP contribution in [-0.4, -0.2) is 49.4 Å². The normalized spacial score (nSPS) is 15.2. The fraction of sp³-hybridized carbons (Fsp3) is 0.364. The number of urea groups is 1. The lowest BCUT2D eigenvalue weighted by Gasteiger charge is -2.37. The second-order valence-electron chi connectivity index (χ2n) is 6.85. The molecule has 8 nitrogen and oxygen atoms in total. The van der Waals surface area contributed by atoms with Crippen molar-refractivity contribution in [3.05, 3.63) is 47.5 Å². The van der Waals surface area contributed by atoms with E-state index >= 15 is 0 Å². The zero-order chi connectivity index (χ0) is 21.7. The number of carbonyl (C=O) groups is 2. The van der Waals surface area contributed by atoms with Crippen LogP contribution in [0, 0.1) is 0 Å². The number of carbonyl (C=O) groups excluding carboxylic acids is 1. The topological polar surface area (TPSA) is 97.3 Å². The quantitative estimate of drug-likeness (QED) is 0.717. The van der Waals surface area contributed by atoms with Gasteiger partial charge in [0.2, 0.25) is 0 Å². The number of methoxy groups -OCH3 is 2. The Hall–Kier alpha value is -3.42. The molecular weight excluding hydrogens is 388 g/mol. The lowest BCUT2D eigenvalue weighted by Crippen LogP contribution is -2.43. The summed E-state index contributed by atoms with van der Waals surface area (Å²) in [4.78, 5) is 26.1. The number of amides is 2. The first-order valence-electron chi connectivity index (χ1n) is 9.73. The van der Waals surface area contributed by atoms with E-state index in [4.69, 9.17) is 14.2 Å². The first-order valence-corrected chi connectivity index (χ1v) is 9.73. The van der Waals surface area contributed by atoms with Crippen LogP contribution < -0.4 is 19.5 Å². The summed E-state index contributed by atoms with van der Waals surface area (Å²) >= 11 is 0. The number of hydrogen-bond acceptors (Lipinski definition) is 5. The van der Waals surface area contributed by atoms with Gasteiger partial charge in [0.15, 0.2) is 11.5 Å². The molecule has 1 heterocycles. The first kappa shape index (κ1) is 21.3. The molecule has 160 valence electrons. The molecular formula is C22H26N2O6. The van der Waals surface area contributed by atoms with Crippen molar-refractivity contribution in [1.82, 2.24) is 4.90 Å². The first-order chi connectivity index (χ1) is 14.5. The van der Waals surface area contributed by atoms with Gasteiger partial charge in [0.05, 0.1) is 33.3 Å². The Kier molecular flexibility index (Phi) is 6.66. The van der Waals surface area contributed by atoms with Crippen LogP contribution in [0.2, 0.25) is 0 Å². The maximum absolute atomic E-state index is 13.0. The fourth-order valence-corrected chi connectivity index (χ4v) is 3.65. The number of hydrogen-bond donors (Lipinski definition) is 2. The van der Waals surface area contributed by atoms with E-state index in [0.717, 1.165) is 11.1 Å². The Morgan fingerprint density at radius 1 is 1.13 bits per heavy atom. The molecule has 1 unspecified atom stereocenters. The van der Waals surface area contributed by atoms with Crippen LogP contribution in [0.5, 0.6) is 17.2 Å². The second-order valence-corrected chi connectivity index (χ2v) is 6.85. The Morgan fingerprint density at radius 3 is 2.40 bits per heavy atom. The molecule has 0 saturated heterocycles. The Morgan fingerprint density at radius 2 is 1.80 bits per heavy atom. The van der Waals surface area contributed by atoms with Crippen molar-refractivity contribution in [2.45, 2.75) is 25.8 Å². The van der Waals surface area contributed by atoms with Gasteiger partial charge in [-0.05, 0) is 60.9 Å². The predicted molar refractivity (Wildman–Crippen MR) is 112 cm³/mol. The molecule has 0 aliphatic carbocycles. The van der Waals surface area contributed by atoms with Gasteiger partial charge >= 0.3 is 12.0 Å². The van der Waals surface area contributed by atoms with Gasteiger partial charge in [-0.15, -0.1) is 0 Å². The summed E-state index contributed by atoms with van der Waals surface area (Å²) in [5.41, 5.74) is 2.31. The number of fused-ring (bicyclic) bond motifs is 1. The van der Waals surface area contributed by atoms with Gasteiger partial charge in [0, 0.05) is 12.2 Å². The molecule has 2 amide bonds. The van der Waals surface area contributed by atoms with E-state index in [1.54, 1.807) is 42.3 Å². The van der Waals surface area contributed by atoms with Crippen molar-refractivity contribution < 1.29 is 28.9 Å². The Labute approximate surface area is 175 Å². The van der Waals surface area contributed by atoms with Gasteiger partial charge in [0.1, 0.15) is 5.75 Å². The lowest BCUT2D eigenvalue weighted by atomic mass is 9.90. The van der Waals surface area contributed by atoms with Crippen LogP contribution in [-0.2, 0) is 11.2 Å². The van der Waals surface area contributed by atoms with Gasteiger partial charge in [-0.1, -0.05) is 0 Å². The van der Waals surface area contributed by atoms with E-state index in [9.17, 15) is 14.7 Å². The SMILES string of the molecule is CCOc1ccc(NC(=O)N2CCc3cc(OC)c(OC)cc3C2CC(=O)O)cc1. The monoisotopic (exact) mass is 414 g/mol. The summed E-state index contributed by atoms with van der Waals surface area (Å²) in [5, 5.41) is 12.3. The van der Waals surface area contributed by atoms with E-state index in [1.807, 2.05) is 13.0 Å². The van der Waals surface area contributed by atoms with Crippen molar-refractivity contribution in [3.63, 3.8) is 0 Å². The fourth-order valence-electron chi connectivity index (χ4n) is 3.65. The van der Waals surface area contributed by atoms with Gasteiger partial charge in [-0.25, -0.2) is 4.79 Å².